The Hall–Kier alpha value is -0.610. The standard InChI is InChI=1S/C10H20N2O2/c1-11-6-5-10(14)12-8-3-2-4-9(13)7-8/h8-9,11,13H,2-7H2,1H3,(H,12,14). The van der Waals surface area contributed by atoms with Crippen LogP contribution >= 0.6 is 0 Å². The van der Waals surface area contributed by atoms with Gasteiger partial charge in [0.05, 0.1) is 6.10 Å². The lowest BCUT2D eigenvalue weighted by molar-refractivity contribution is -0.122. The maximum absolute atomic E-state index is 11.3. The van der Waals surface area contributed by atoms with E-state index in [2.05, 4.69) is 10.6 Å². The minimum Gasteiger partial charge on any atom is -0.393 e. The van der Waals surface area contributed by atoms with Crippen molar-refractivity contribution in [2.75, 3.05) is 13.6 Å². The van der Waals surface area contributed by atoms with Gasteiger partial charge in [0.2, 0.25) is 5.91 Å². The minimum atomic E-state index is -0.224. The van der Waals surface area contributed by atoms with Gasteiger partial charge < -0.3 is 15.7 Å². The molecule has 0 bridgehead atoms. The highest BCUT2D eigenvalue weighted by Gasteiger charge is 2.20. The number of aliphatic hydroxyl groups is 1. The molecule has 0 heterocycles. The highest BCUT2D eigenvalue weighted by atomic mass is 16.3. The van der Waals surface area contributed by atoms with Crippen molar-refractivity contribution < 1.29 is 9.90 Å². The summed E-state index contributed by atoms with van der Waals surface area (Å²) in [6.45, 7) is 0.709. The number of hydrogen-bond acceptors (Lipinski definition) is 3. The summed E-state index contributed by atoms with van der Waals surface area (Å²) in [6, 6.07) is 0.183. The van der Waals surface area contributed by atoms with Crippen molar-refractivity contribution in [2.45, 2.75) is 44.2 Å². The van der Waals surface area contributed by atoms with Crippen molar-refractivity contribution >= 4 is 5.91 Å². The predicted octanol–water partition coefficient (Wildman–Crippen LogP) is 0.0156. The zero-order valence-electron chi connectivity index (χ0n) is 8.75. The monoisotopic (exact) mass is 200 g/mol. The Morgan fingerprint density at radius 1 is 1.50 bits per heavy atom. The minimum absolute atomic E-state index is 0.0819. The summed E-state index contributed by atoms with van der Waals surface area (Å²) >= 11 is 0. The van der Waals surface area contributed by atoms with E-state index in [0.717, 1.165) is 19.3 Å². The van der Waals surface area contributed by atoms with Crippen LogP contribution in [0.5, 0.6) is 0 Å². The molecule has 0 spiro atoms. The molecule has 4 heteroatoms. The molecule has 1 aliphatic rings. The highest BCUT2D eigenvalue weighted by molar-refractivity contribution is 5.76. The van der Waals surface area contributed by atoms with E-state index >= 15 is 0 Å². The summed E-state index contributed by atoms with van der Waals surface area (Å²) in [5, 5.41) is 15.3. The van der Waals surface area contributed by atoms with E-state index in [1.54, 1.807) is 0 Å². The lowest BCUT2D eigenvalue weighted by Gasteiger charge is -2.26. The lowest BCUT2D eigenvalue weighted by atomic mass is 9.93. The van der Waals surface area contributed by atoms with Gasteiger partial charge in [-0.3, -0.25) is 4.79 Å². The zero-order chi connectivity index (χ0) is 10.4. The second-order valence-corrected chi connectivity index (χ2v) is 3.94. The average Bonchev–Trinajstić information content (AvgIpc) is 2.15. The van der Waals surface area contributed by atoms with Gasteiger partial charge >= 0.3 is 0 Å². The first-order valence-corrected chi connectivity index (χ1v) is 5.34. The summed E-state index contributed by atoms with van der Waals surface area (Å²) in [5.74, 6) is 0.0819. The number of aliphatic hydroxyl groups excluding tert-OH is 1. The molecule has 0 saturated heterocycles. The van der Waals surface area contributed by atoms with Gasteiger partial charge in [-0.15, -0.1) is 0 Å². The van der Waals surface area contributed by atoms with Gasteiger partial charge in [-0.2, -0.15) is 0 Å². The number of carbonyl (C=O) groups excluding carboxylic acids is 1. The number of hydrogen-bond donors (Lipinski definition) is 3. The van der Waals surface area contributed by atoms with Crippen molar-refractivity contribution in [3.05, 3.63) is 0 Å². The Balaban J connectivity index is 2.18. The third-order valence-electron chi connectivity index (χ3n) is 2.61. The molecule has 1 aliphatic carbocycles. The topological polar surface area (TPSA) is 61.4 Å². The van der Waals surface area contributed by atoms with E-state index in [0.29, 0.717) is 19.4 Å². The molecule has 0 aromatic rings. The van der Waals surface area contributed by atoms with Gasteiger partial charge in [-0.05, 0) is 32.7 Å². The number of nitrogens with one attached hydrogen (secondary N) is 2. The number of carbonyl (C=O) groups is 1. The molecular formula is C10H20N2O2. The van der Waals surface area contributed by atoms with Crippen molar-refractivity contribution in [2.24, 2.45) is 0 Å². The molecule has 2 atom stereocenters. The molecule has 0 radical (unpaired) electrons. The predicted molar refractivity (Wildman–Crippen MR) is 54.9 cm³/mol. The van der Waals surface area contributed by atoms with Crippen molar-refractivity contribution in [3.63, 3.8) is 0 Å². The quantitative estimate of drug-likeness (QED) is 0.599. The van der Waals surface area contributed by atoms with Gasteiger partial charge in [0.25, 0.3) is 0 Å². The average molecular weight is 200 g/mol. The van der Waals surface area contributed by atoms with E-state index < -0.39 is 0 Å². The zero-order valence-corrected chi connectivity index (χ0v) is 8.75. The van der Waals surface area contributed by atoms with Crippen LogP contribution in [0.15, 0.2) is 0 Å². The molecule has 14 heavy (non-hydrogen) atoms. The molecule has 1 saturated carbocycles. The van der Waals surface area contributed by atoms with Crippen molar-refractivity contribution in [1.29, 1.82) is 0 Å². The van der Waals surface area contributed by atoms with Gasteiger partial charge in [0.15, 0.2) is 0 Å². The first-order valence-electron chi connectivity index (χ1n) is 5.34. The normalized spacial score (nSPS) is 27.3. The smallest absolute Gasteiger partial charge is 0.221 e. The fourth-order valence-electron chi connectivity index (χ4n) is 1.83. The van der Waals surface area contributed by atoms with Gasteiger partial charge in [0, 0.05) is 19.0 Å². The van der Waals surface area contributed by atoms with E-state index in [1.807, 2.05) is 7.05 Å². The summed E-state index contributed by atoms with van der Waals surface area (Å²) in [7, 11) is 1.83. The van der Waals surface area contributed by atoms with Crippen LogP contribution in [-0.4, -0.2) is 36.8 Å². The second kappa shape index (κ2) is 5.98. The second-order valence-electron chi connectivity index (χ2n) is 3.94. The van der Waals surface area contributed by atoms with Crippen LogP contribution in [0.1, 0.15) is 32.1 Å². The third kappa shape index (κ3) is 4.07. The van der Waals surface area contributed by atoms with Crippen LogP contribution in [0.4, 0.5) is 0 Å². The Kier molecular flexibility index (Phi) is 4.90. The lowest BCUT2D eigenvalue weighted by Crippen LogP contribution is -2.40. The van der Waals surface area contributed by atoms with Crippen LogP contribution in [0, 0.1) is 0 Å². The SMILES string of the molecule is CNCCC(=O)NC1CCCC(O)C1. The summed E-state index contributed by atoms with van der Waals surface area (Å²) in [6.07, 6.45) is 3.90. The van der Waals surface area contributed by atoms with Crippen molar-refractivity contribution in [3.8, 4) is 0 Å². The van der Waals surface area contributed by atoms with Crippen LogP contribution < -0.4 is 10.6 Å². The van der Waals surface area contributed by atoms with Gasteiger partial charge in [-0.25, -0.2) is 0 Å². The maximum atomic E-state index is 11.3. The maximum Gasteiger partial charge on any atom is 0.221 e. The van der Waals surface area contributed by atoms with Crippen LogP contribution in [-0.2, 0) is 4.79 Å². The van der Waals surface area contributed by atoms with E-state index in [-0.39, 0.29) is 18.1 Å². The molecule has 1 rings (SSSR count). The fraction of sp³-hybridized carbons (Fsp3) is 0.900. The van der Waals surface area contributed by atoms with Crippen molar-refractivity contribution in [1.82, 2.24) is 10.6 Å². The third-order valence-corrected chi connectivity index (χ3v) is 2.61. The van der Waals surface area contributed by atoms with Crippen LogP contribution in [0.25, 0.3) is 0 Å². The molecule has 3 N–H and O–H groups in total. The van der Waals surface area contributed by atoms with Gasteiger partial charge in [0.1, 0.15) is 0 Å². The van der Waals surface area contributed by atoms with E-state index in [4.69, 9.17) is 0 Å². The Labute approximate surface area is 85.1 Å². The van der Waals surface area contributed by atoms with E-state index in [1.165, 1.54) is 0 Å². The summed E-state index contributed by atoms with van der Waals surface area (Å²) in [4.78, 5) is 11.3. The Morgan fingerprint density at radius 3 is 2.93 bits per heavy atom. The summed E-state index contributed by atoms with van der Waals surface area (Å²) in [5.41, 5.74) is 0. The largest absolute Gasteiger partial charge is 0.393 e. The molecule has 1 fully saturated rings. The molecule has 82 valence electrons. The number of rotatable bonds is 4. The molecule has 1 amide bonds. The molecule has 2 unspecified atom stereocenters. The Bertz CT molecular complexity index is 185. The molecule has 0 aromatic heterocycles. The molecule has 4 nitrogen and oxygen atoms in total. The first-order chi connectivity index (χ1) is 6.72. The Morgan fingerprint density at radius 2 is 2.29 bits per heavy atom. The highest BCUT2D eigenvalue weighted by Crippen LogP contribution is 2.18. The van der Waals surface area contributed by atoms with Crippen LogP contribution in [0.2, 0.25) is 0 Å². The van der Waals surface area contributed by atoms with Gasteiger partial charge in [-0.1, -0.05) is 0 Å². The van der Waals surface area contributed by atoms with Crippen LogP contribution in [0.3, 0.4) is 0 Å². The fourth-order valence-corrected chi connectivity index (χ4v) is 1.83. The number of amides is 1. The summed E-state index contributed by atoms with van der Waals surface area (Å²) < 4.78 is 0. The molecule has 0 aromatic carbocycles. The first kappa shape index (κ1) is 11.5. The van der Waals surface area contributed by atoms with E-state index in [9.17, 15) is 9.90 Å². The molecular weight excluding hydrogens is 180 g/mol. The molecule has 0 aliphatic heterocycles.